The van der Waals surface area contributed by atoms with E-state index in [0.29, 0.717) is 18.1 Å². The van der Waals surface area contributed by atoms with Crippen LogP contribution in [0.1, 0.15) is 32.9 Å². The Labute approximate surface area is 113 Å². The van der Waals surface area contributed by atoms with E-state index in [1.165, 1.54) is 0 Å². The van der Waals surface area contributed by atoms with E-state index >= 15 is 0 Å². The van der Waals surface area contributed by atoms with Crippen molar-refractivity contribution in [2.24, 2.45) is 5.41 Å². The van der Waals surface area contributed by atoms with Crippen LogP contribution in [0, 0.1) is 5.41 Å². The van der Waals surface area contributed by atoms with E-state index in [0.717, 1.165) is 12.1 Å². The van der Waals surface area contributed by atoms with Gasteiger partial charge >= 0.3 is 6.03 Å². The van der Waals surface area contributed by atoms with Gasteiger partial charge in [0, 0.05) is 12.7 Å². The molecule has 1 aromatic heterocycles. The van der Waals surface area contributed by atoms with Crippen LogP contribution < -0.4 is 10.6 Å². The number of hydrogen-bond acceptors (Lipinski definition) is 2. The van der Waals surface area contributed by atoms with Gasteiger partial charge in [-0.3, -0.25) is 4.98 Å². The van der Waals surface area contributed by atoms with Gasteiger partial charge in [-0.05, 0) is 24.0 Å². The predicted molar refractivity (Wildman–Crippen MR) is 73.6 cm³/mol. The SMILES string of the molecule is CCC(C)(C)CNC(=O)NCc1ccc(Cl)cn1. The molecule has 0 aliphatic heterocycles. The Morgan fingerprint density at radius 1 is 1.39 bits per heavy atom. The van der Waals surface area contributed by atoms with E-state index in [2.05, 4.69) is 36.4 Å². The Hall–Kier alpha value is -1.29. The van der Waals surface area contributed by atoms with Crippen molar-refractivity contribution in [2.75, 3.05) is 6.54 Å². The van der Waals surface area contributed by atoms with Gasteiger partial charge < -0.3 is 10.6 Å². The zero-order chi connectivity index (χ0) is 13.6. The first-order chi connectivity index (χ1) is 8.43. The summed E-state index contributed by atoms with van der Waals surface area (Å²) in [4.78, 5) is 15.7. The molecule has 1 heterocycles. The Bertz CT molecular complexity index is 390. The molecule has 18 heavy (non-hydrogen) atoms. The molecule has 0 aliphatic rings. The number of carbonyl (C=O) groups is 1. The van der Waals surface area contributed by atoms with E-state index in [-0.39, 0.29) is 11.4 Å². The molecule has 0 unspecified atom stereocenters. The van der Waals surface area contributed by atoms with E-state index in [1.54, 1.807) is 18.3 Å². The number of halogens is 1. The minimum absolute atomic E-state index is 0.121. The fraction of sp³-hybridized carbons (Fsp3) is 0.538. The largest absolute Gasteiger partial charge is 0.338 e. The normalized spacial score (nSPS) is 11.1. The van der Waals surface area contributed by atoms with Gasteiger partial charge in [0.05, 0.1) is 17.3 Å². The maximum Gasteiger partial charge on any atom is 0.315 e. The van der Waals surface area contributed by atoms with Crippen LogP contribution in [0.4, 0.5) is 4.79 Å². The summed E-state index contributed by atoms with van der Waals surface area (Å²) in [5.41, 5.74) is 0.903. The quantitative estimate of drug-likeness (QED) is 0.863. The lowest BCUT2D eigenvalue weighted by Gasteiger charge is -2.22. The second kappa shape index (κ2) is 6.59. The summed E-state index contributed by atoms with van der Waals surface area (Å²) < 4.78 is 0. The molecule has 0 saturated carbocycles. The van der Waals surface area contributed by atoms with Crippen molar-refractivity contribution in [3.05, 3.63) is 29.0 Å². The van der Waals surface area contributed by atoms with E-state index in [9.17, 15) is 4.79 Å². The summed E-state index contributed by atoms with van der Waals surface area (Å²) in [6, 6.07) is 3.37. The first-order valence-electron chi connectivity index (χ1n) is 6.05. The first-order valence-corrected chi connectivity index (χ1v) is 6.43. The highest BCUT2D eigenvalue weighted by atomic mass is 35.5. The van der Waals surface area contributed by atoms with Gasteiger partial charge in [-0.2, -0.15) is 0 Å². The molecule has 2 N–H and O–H groups in total. The highest BCUT2D eigenvalue weighted by Gasteiger charge is 2.15. The molecular weight excluding hydrogens is 250 g/mol. The third-order valence-corrected chi connectivity index (χ3v) is 3.13. The van der Waals surface area contributed by atoms with E-state index < -0.39 is 0 Å². The van der Waals surface area contributed by atoms with Crippen LogP contribution in [-0.2, 0) is 6.54 Å². The number of aromatic nitrogens is 1. The molecule has 2 amide bonds. The topological polar surface area (TPSA) is 54.0 Å². The van der Waals surface area contributed by atoms with Gasteiger partial charge in [-0.25, -0.2) is 4.79 Å². The Balaban J connectivity index is 2.31. The molecule has 0 bridgehead atoms. The average Bonchev–Trinajstić information content (AvgIpc) is 2.36. The van der Waals surface area contributed by atoms with Gasteiger partial charge in [0.15, 0.2) is 0 Å². The first kappa shape index (κ1) is 14.8. The maximum atomic E-state index is 11.6. The number of nitrogens with one attached hydrogen (secondary N) is 2. The number of hydrogen-bond donors (Lipinski definition) is 2. The van der Waals surface area contributed by atoms with Gasteiger partial charge in [-0.15, -0.1) is 0 Å². The molecule has 1 rings (SSSR count). The van der Waals surface area contributed by atoms with Crippen LogP contribution in [0.15, 0.2) is 18.3 Å². The molecule has 1 aromatic rings. The number of rotatable bonds is 5. The molecule has 0 radical (unpaired) electrons. The van der Waals surface area contributed by atoms with Gasteiger partial charge in [0.1, 0.15) is 0 Å². The monoisotopic (exact) mass is 269 g/mol. The van der Waals surface area contributed by atoms with Gasteiger partial charge in [0.25, 0.3) is 0 Å². The summed E-state index contributed by atoms with van der Waals surface area (Å²) in [5.74, 6) is 0. The minimum atomic E-state index is -0.173. The highest BCUT2D eigenvalue weighted by Crippen LogP contribution is 2.17. The Morgan fingerprint density at radius 3 is 2.67 bits per heavy atom. The second-order valence-electron chi connectivity index (χ2n) is 5.02. The minimum Gasteiger partial charge on any atom is -0.338 e. The lowest BCUT2D eigenvalue weighted by molar-refractivity contribution is 0.232. The number of urea groups is 1. The number of carbonyl (C=O) groups excluding carboxylic acids is 1. The van der Waals surface area contributed by atoms with E-state index in [1.807, 2.05) is 0 Å². The summed E-state index contributed by atoms with van der Waals surface area (Å²) in [6.45, 7) is 7.40. The van der Waals surface area contributed by atoms with Crippen LogP contribution in [0.25, 0.3) is 0 Å². The van der Waals surface area contributed by atoms with Crippen molar-refractivity contribution in [1.82, 2.24) is 15.6 Å². The standard InChI is InChI=1S/C13H20ClN3O/c1-4-13(2,3)9-17-12(18)16-8-11-6-5-10(14)7-15-11/h5-7H,4,8-9H2,1-3H3,(H2,16,17,18). The maximum absolute atomic E-state index is 11.6. The van der Waals surface area contributed by atoms with Gasteiger partial charge in [-0.1, -0.05) is 32.4 Å². The summed E-state index contributed by atoms with van der Waals surface area (Å²) in [7, 11) is 0. The molecule has 100 valence electrons. The van der Waals surface area contributed by atoms with Crippen LogP contribution in [-0.4, -0.2) is 17.6 Å². The average molecular weight is 270 g/mol. The number of pyridine rings is 1. The third-order valence-electron chi connectivity index (χ3n) is 2.90. The molecule has 4 nitrogen and oxygen atoms in total. The fourth-order valence-electron chi connectivity index (χ4n) is 1.19. The highest BCUT2D eigenvalue weighted by molar-refractivity contribution is 6.30. The van der Waals surface area contributed by atoms with Crippen molar-refractivity contribution in [3.63, 3.8) is 0 Å². The van der Waals surface area contributed by atoms with Crippen LogP contribution >= 0.6 is 11.6 Å². The summed E-state index contributed by atoms with van der Waals surface area (Å²) in [6.07, 6.45) is 2.59. The molecule has 0 fully saturated rings. The smallest absolute Gasteiger partial charge is 0.315 e. The zero-order valence-corrected chi connectivity index (χ0v) is 11.8. The Kier molecular flexibility index (Phi) is 5.41. The van der Waals surface area contributed by atoms with Gasteiger partial charge in [0.2, 0.25) is 0 Å². The van der Waals surface area contributed by atoms with Crippen molar-refractivity contribution in [2.45, 2.75) is 33.7 Å². The van der Waals surface area contributed by atoms with Crippen molar-refractivity contribution in [3.8, 4) is 0 Å². The second-order valence-corrected chi connectivity index (χ2v) is 5.46. The molecular formula is C13H20ClN3O. The summed E-state index contributed by atoms with van der Waals surface area (Å²) >= 11 is 5.73. The molecule has 0 saturated heterocycles. The lowest BCUT2D eigenvalue weighted by atomic mass is 9.90. The van der Waals surface area contributed by atoms with Crippen LogP contribution in [0.2, 0.25) is 5.02 Å². The molecule has 0 spiro atoms. The molecule has 5 heteroatoms. The summed E-state index contributed by atoms with van der Waals surface area (Å²) in [5, 5.41) is 6.20. The fourth-order valence-corrected chi connectivity index (χ4v) is 1.30. The number of nitrogens with zero attached hydrogens (tertiary/aromatic N) is 1. The van der Waals surface area contributed by atoms with Crippen molar-refractivity contribution >= 4 is 17.6 Å². The molecule has 0 atom stereocenters. The molecule has 0 aromatic carbocycles. The number of amides is 2. The zero-order valence-electron chi connectivity index (χ0n) is 11.1. The van der Waals surface area contributed by atoms with Crippen molar-refractivity contribution < 1.29 is 4.79 Å². The molecule has 0 aliphatic carbocycles. The van der Waals surface area contributed by atoms with Crippen LogP contribution in [0.5, 0.6) is 0 Å². The lowest BCUT2D eigenvalue weighted by Crippen LogP contribution is -2.40. The third kappa shape index (κ3) is 5.36. The van der Waals surface area contributed by atoms with Crippen molar-refractivity contribution in [1.29, 1.82) is 0 Å². The van der Waals surface area contributed by atoms with Crippen LogP contribution in [0.3, 0.4) is 0 Å². The van der Waals surface area contributed by atoms with E-state index in [4.69, 9.17) is 11.6 Å². The Morgan fingerprint density at radius 2 is 2.11 bits per heavy atom. The predicted octanol–water partition coefficient (Wildman–Crippen LogP) is 2.97.